The fourth-order valence-corrected chi connectivity index (χ4v) is 3.32. The minimum atomic E-state index is -0.272. The van der Waals surface area contributed by atoms with Gasteiger partial charge in [-0.25, -0.2) is 4.68 Å². The molecule has 0 fully saturated rings. The van der Waals surface area contributed by atoms with Crippen molar-refractivity contribution in [2.75, 3.05) is 6.79 Å². The molecular weight excluding hydrogens is 370 g/mol. The third kappa shape index (κ3) is 2.73. The SMILES string of the molecule is N#Cc1cccc(-n2nccc2-c2n[nH]cc(-c3cccc4c3OCO4)c2=O)c1. The second kappa shape index (κ2) is 6.65. The Labute approximate surface area is 164 Å². The van der Waals surface area contributed by atoms with Gasteiger partial charge in [-0.05, 0) is 30.3 Å². The lowest BCUT2D eigenvalue weighted by Crippen LogP contribution is -2.14. The smallest absolute Gasteiger partial charge is 0.231 e. The van der Waals surface area contributed by atoms with Crippen LogP contribution in [0.15, 0.2) is 65.7 Å². The number of hydrogen-bond acceptors (Lipinski definition) is 6. The van der Waals surface area contributed by atoms with Crippen LogP contribution in [0.5, 0.6) is 11.5 Å². The van der Waals surface area contributed by atoms with Gasteiger partial charge in [0.05, 0.1) is 34.8 Å². The van der Waals surface area contributed by atoms with Gasteiger partial charge in [-0.1, -0.05) is 18.2 Å². The van der Waals surface area contributed by atoms with E-state index in [0.29, 0.717) is 39.6 Å². The summed E-state index contributed by atoms with van der Waals surface area (Å²) in [6, 6.07) is 16.2. The first-order valence-electron chi connectivity index (χ1n) is 8.78. The molecule has 0 radical (unpaired) electrons. The van der Waals surface area contributed by atoms with Crippen LogP contribution in [-0.4, -0.2) is 26.8 Å². The van der Waals surface area contributed by atoms with Gasteiger partial charge < -0.3 is 9.47 Å². The average Bonchev–Trinajstić information content (AvgIpc) is 3.43. The van der Waals surface area contributed by atoms with E-state index >= 15 is 0 Å². The van der Waals surface area contributed by atoms with Crippen LogP contribution in [0.4, 0.5) is 0 Å². The molecule has 0 spiro atoms. The highest BCUT2D eigenvalue weighted by Crippen LogP contribution is 2.40. The van der Waals surface area contributed by atoms with E-state index < -0.39 is 0 Å². The van der Waals surface area contributed by atoms with Gasteiger partial charge in [0.25, 0.3) is 0 Å². The standard InChI is InChI=1S/C21H13N5O3/c22-10-13-3-1-4-14(9-13)26-17(7-8-24-26)19-20(27)16(11-23-25-19)15-5-2-6-18-21(15)29-12-28-18/h1-9,11H,12H2,(H,23,27). The lowest BCUT2D eigenvalue weighted by Gasteiger charge is -2.09. The molecule has 2 aromatic carbocycles. The number of fused-ring (bicyclic) bond motifs is 1. The van der Waals surface area contributed by atoms with Crippen LogP contribution in [0.3, 0.4) is 0 Å². The summed E-state index contributed by atoms with van der Waals surface area (Å²) in [5.74, 6) is 1.13. The molecule has 140 valence electrons. The maximum Gasteiger partial charge on any atom is 0.231 e. The molecule has 3 heterocycles. The summed E-state index contributed by atoms with van der Waals surface area (Å²) in [6.45, 7) is 0.115. The van der Waals surface area contributed by atoms with Gasteiger partial charge in [0, 0.05) is 11.8 Å². The van der Waals surface area contributed by atoms with Crippen molar-refractivity contribution in [2.24, 2.45) is 0 Å². The summed E-state index contributed by atoms with van der Waals surface area (Å²) in [4.78, 5) is 13.3. The Morgan fingerprint density at radius 1 is 1.10 bits per heavy atom. The Morgan fingerprint density at radius 2 is 2.00 bits per heavy atom. The zero-order valence-corrected chi connectivity index (χ0v) is 15.0. The van der Waals surface area contributed by atoms with Crippen molar-refractivity contribution >= 4 is 0 Å². The van der Waals surface area contributed by atoms with Crippen molar-refractivity contribution in [2.45, 2.75) is 0 Å². The fraction of sp³-hybridized carbons (Fsp3) is 0.0476. The average molecular weight is 383 g/mol. The molecule has 1 N–H and O–H groups in total. The summed E-state index contributed by atoms with van der Waals surface area (Å²) in [5, 5.41) is 20.5. The van der Waals surface area contributed by atoms with E-state index in [1.165, 1.54) is 0 Å². The number of hydrogen-bond donors (Lipinski definition) is 1. The number of nitriles is 1. The molecule has 0 unspecified atom stereocenters. The molecule has 0 aliphatic carbocycles. The van der Waals surface area contributed by atoms with E-state index in [2.05, 4.69) is 21.4 Å². The molecule has 4 aromatic rings. The summed E-state index contributed by atoms with van der Waals surface area (Å²) in [7, 11) is 0. The quantitative estimate of drug-likeness (QED) is 0.583. The van der Waals surface area contributed by atoms with Gasteiger partial charge in [0.15, 0.2) is 17.2 Å². The summed E-state index contributed by atoms with van der Waals surface area (Å²) >= 11 is 0. The van der Waals surface area contributed by atoms with Crippen LogP contribution in [-0.2, 0) is 0 Å². The number of nitrogens with one attached hydrogen (secondary N) is 1. The monoisotopic (exact) mass is 383 g/mol. The number of para-hydroxylation sites is 1. The minimum absolute atomic E-state index is 0.115. The van der Waals surface area contributed by atoms with Gasteiger partial charge in [0.2, 0.25) is 12.2 Å². The van der Waals surface area contributed by atoms with Gasteiger partial charge in [0.1, 0.15) is 0 Å². The third-order valence-electron chi connectivity index (χ3n) is 4.64. The topological polar surface area (TPSA) is 106 Å². The minimum Gasteiger partial charge on any atom is -0.454 e. The van der Waals surface area contributed by atoms with Gasteiger partial charge in [-0.15, -0.1) is 0 Å². The van der Waals surface area contributed by atoms with Crippen molar-refractivity contribution in [3.8, 4) is 45.8 Å². The second-order valence-electron chi connectivity index (χ2n) is 6.31. The van der Waals surface area contributed by atoms with Crippen molar-refractivity contribution < 1.29 is 9.47 Å². The summed E-state index contributed by atoms with van der Waals surface area (Å²) in [6.07, 6.45) is 3.12. The number of nitrogens with zero attached hydrogens (tertiary/aromatic N) is 4. The number of benzene rings is 2. The molecular formula is C21H13N5O3. The van der Waals surface area contributed by atoms with E-state index in [4.69, 9.17) is 14.7 Å². The van der Waals surface area contributed by atoms with Gasteiger partial charge >= 0.3 is 0 Å². The summed E-state index contributed by atoms with van der Waals surface area (Å²) in [5.41, 5.74) is 2.64. The molecule has 29 heavy (non-hydrogen) atoms. The van der Waals surface area contributed by atoms with Gasteiger partial charge in [-0.3, -0.25) is 9.89 Å². The largest absolute Gasteiger partial charge is 0.454 e. The molecule has 8 heteroatoms. The maximum atomic E-state index is 13.3. The van der Waals surface area contributed by atoms with E-state index in [1.54, 1.807) is 59.5 Å². The van der Waals surface area contributed by atoms with Crippen LogP contribution in [0, 0.1) is 11.3 Å². The Hall–Kier alpha value is -4.38. The number of rotatable bonds is 3. The van der Waals surface area contributed by atoms with Crippen LogP contribution in [0.25, 0.3) is 28.2 Å². The third-order valence-corrected chi connectivity index (χ3v) is 4.64. The van der Waals surface area contributed by atoms with Crippen LogP contribution in [0.2, 0.25) is 0 Å². The normalized spacial score (nSPS) is 12.0. The van der Waals surface area contributed by atoms with Crippen molar-refractivity contribution in [1.29, 1.82) is 5.26 Å². The van der Waals surface area contributed by atoms with Crippen molar-refractivity contribution in [1.82, 2.24) is 20.0 Å². The molecule has 0 saturated carbocycles. The maximum absolute atomic E-state index is 13.3. The van der Waals surface area contributed by atoms with Crippen molar-refractivity contribution in [3.63, 3.8) is 0 Å². The fourth-order valence-electron chi connectivity index (χ4n) is 3.32. The van der Waals surface area contributed by atoms with Crippen molar-refractivity contribution in [3.05, 3.63) is 76.7 Å². The first kappa shape index (κ1) is 16.8. The zero-order valence-electron chi connectivity index (χ0n) is 15.0. The van der Waals surface area contributed by atoms with Crippen LogP contribution < -0.4 is 14.9 Å². The molecule has 0 bridgehead atoms. The number of aromatic amines is 1. The molecule has 8 nitrogen and oxygen atoms in total. The van der Waals surface area contributed by atoms with E-state index in [9.17, 15) is 4.79 Å². The first-order chi connectivity index (χ1) is 14.3. The summed E-state index contributed by atoms with van der Waals surface area (Å²) < 4.78 is 12.5. The Kier molecular flexibility index (Phi) is 3.85. The molecule has 1 aliphatic rings. The highest BCUT2D eigenvalue weighted by atomic mass is 16.7. The van der Waals surface area contributed by atoms with Gasteiger partial charge in [-0.2, -0.15) is 15.5 Å². The predicted octanol–water partition coefficient (Wildman–Crippen LogP) is 2.89. The molecule has 0 atom stereocenters. The number of H-pyrrole nitrogens is 1. The molecule has 0 amide bonds. The van der Waals surface area contributed by atoms with E-state index in [0.717, 1.165) is 0 Å². The Balaban J connectivity index is 1.67. The lowest BCUT2D eigenvalue weighted by atomic mass is 10.0. The zero-order chi connectivity index (χ0) is 19.8. The Bertz CT molecular complexity index is 1330. The lowest BCUT2D eigenvalue weighted by molar-refractivity contribution is 0.174. The van der Waals surface area contributed by atoms with Crippen LogP contribution in [0.1, 0.15) is 5.56 Å². The van der Waals surface area contributed by atoms with Crippen LogP contribution >= 0.6 is 0 Å². The molecule has 5 rings (SSSR count). The predicted molar refractivity (Wildman–Crippen MR) is 104 cm³/mol. The Morgan fingerprint density at radius 3 is 2.90 bits per heavy atom. The molecule has 2 aromatic heterocycles. The van der Waals surface area contributed by atoms with E-state index in [1.807, 2.05) is 6.07 Å². The highest BCUT2D eigenvalue weighted by Gasteiger charge is 2.22. The second-order valence-corrected chi connectivity index (χ2v) is 6.31. The number of aromatic nitrogens is 4. The molecule has 1 aliphatic heterocycles. The molecule has 0 saturated heterocycles. The first-order valence-corrected chi connectivity index (χ1v) is 8.78. The van der Waals surface area contributed by atoms with E-state index in [-0.39, 0.29) is 17.9 Å². The highest BCUT2D eigenvalue weighted by molar-refractivity contribution is 5.76. The number of ether oxygens (including phenoxy) is 2.